The van der Waals surface area contributed by atoms with Crippen LogP contribution >= 0.6 is 0 Å². The van der Waals surface area contributed by atoms with E-state index < -0.39 is 7.12 Å². The predicted octanol–water partition coefficient (Wildman–Crippen LogP) is 5.89. The summed E-state index contributed by atoms with van der Waals surface area (Å²) in [7, 11) is -1.49. The first-order valence-electron chi connectivity index (χ1n) is 12.7. The Bertz CT molecular complexity index is 1670. The molecule has 0 bridgehead atoms. The van der Waals surface area contributed by atoms with Gasteiger partial charge in [-0.1, -0.05) is 127 Å². The second-order valence-corrected chi connectivity index (χ2v) is 9.20. The molecular formula is C33H24BN3O2. The van der Waals surface area contributed by atoms with Crippen LogP contribution in [0.3, 0.4) is 0 Å². The van der Waals surface area contributed by atoms with E-state index in [0.717, 1.165) is 38.9 Å². The maximum Gasteiger partial charge on any atom is 0.488 e. The fourth-order valence-corrected chi connectivity index (χ4v) is 4.51. The van der Waals surface area contributed by atoms with Crippen molar-refractivity contribution in [1.82, 2.24) is 15.0 Å². The fourth-order valence-electron chi connectivity index (χ4n) is 4.51. The van der Waals surface area contributed by atoms with Crippen LogP contribution < -0.4 is 5.46 Å². The fraction of sp³-hybridized carbons (Fsp3) is 0. The summed E-state index contributed by atoms with van der Waals surface area (Å²) in [5.41, 5.74) is 7.25. The molecule has 0 spiro atoms. The van der Waals surface area contributed by atoms with Crippen molar-refractivity contribution in [1.29, 1.82) is 0 Å². The van der Waals surface area contributed by atoms with Crippen molar-refractivity contribution in [2.75, 3.05) is 0 Å². The Labute approximate surface area is 227 Å². The molecule has 0 saturated heterocycles. The number of benzene rings is 5. The Morgan fingerprint density at radius 1 is 0.359 bits per heavy atom. The van der Waals surface area contributed by atoms with E-state index in [2.05, 4.69) is 24.3 Å². The SMILES string of the molecule is OB(O)c1cccc(-c2ccc(-c3cccc(-c4nc(-c5ccccc5)nc(-c5ccccc5)n4)c3)cc2)c1. The summed E-state index contributed by atoms with van der Waals surface area (Å²) >= 11 is 0. The average molecular weight is 505 g/mol. The van der Waals surface area contributed by atoms with Gasteiger partial charge in [-0.2, -0.15) is 0 Å². The quantitative estimate of drug-likeness (QED) is 0.276. The number of aromatic nitrogens is 3. The van der Waals surface area contributed by atoms with Crippen molar-refractivity contribution in [3.8, 4) is 56.4 Å². The first-order chi connectivity index (χ1) is 19.1. The molecule has 0 aliphatic heterocycles. The molecule has 2 N–H and O–H groups in total. The minimum absolute atomic E-state index is 0.464. The van der Waals surface area contributed by atoms with Crippen LogP contribution in [0, 0.1) is 0 Å². The molecule has 5 aromatic carbocycles. The number of hydrogen-bond donors (Lipinski definition) is 2. The third kappa shape index (κ3) is 5.38. The Hall–Kier alpha value is -4.91. The van der Waals surface area contributed by atoms with Gasteiger partial charge in [0.2, 0.25) is 0 Å². The zero-order chi connectivity index (χ0) is 26.6. The molecule has 6 aromatic rings. The largest absolute Gasteiger partial charge is 0.488 e. The van der Waals surface area contributed by atoms with E-state index in [9.17, 15) is 10.0 Å². The Kier molecular flexibility index (Phi) is 6.79. The van der Waals surface area contributed by atoms with Gasteiger partial charge in [-0.25, -0.2) is 15.0 Å². The molecule has 6 rings (SSSR count). The lowest BCUT2D eigenvalue weighted by Crippen LogP contribution is -2.29. The minimum Gasteiger partial charge on any atom is -0.423 e. The third-order valence-electron chi connectivity index (χ3n) is 6.56. The smallest absolute Gasteiger partial charge is 0.423 e. The molecule has 0 amide bonds. The lowest BCUT2D eigenvalue weighted by Gasteiger charge is -2.10. The van der Waals surface area contributed by atoms with Gasteiger partial charge in [-0.15, -0.1) is 0 Å². The Balaban J connectivity index is 1.37. The van der Waals surface area contributed by atoms with Gasteiger partial charge in [0, 0.05) is 16.7 Å². The summed E-state index contributed by atoms with van der Waals surface area (Å²) in [5, 5.41) is 19.0. The van der Waals surface area contributed by atoms with Crippen LogP contribution in [0.5, 0.6) is 0 Å². The summed E-state index contributed by atoms with van der Waals surface area (Å²) in [6, 6.07) is 43.5. The highest BCUT2D eigenvalue weighted by molar-refractivity contribution is 6.58. The van der Waals surface area contributed by atoms with Crippen LogP contribution in [0.15, 0.2) is 133 Å². The Morgan fingerprint density at radius 3 is 1.28 bits per heavy atom. The topological polar surface area (TPSA) is 79.1 Å². The maximum atomic E-state index is 9.51. The average Bonchev–Trinajstić information content (AvgIpc) is 3.02. The zero-order valence-corrected chi connectivity index (χ0v) is 21.0. The molecule has 0 aliphatic rings. The van der Waals surface area contributed by atoms with Crippen LogP contribution in [0.25, 0.3) is 56.4 Å². The van der Waals surface area contributed by atoms with E-state index in [-0.39, 0.29) is 0 Å². The summed E-state index contributed by atoms with van der Waals surface area (Å²) in [4.78, 5) is 14.5. The molecule has 5 nitrogen and oxygen atoms in total. The van der Waals surface area contributed by atoms with E-state index in [1.54, 1.807) is 12.1 Å². The van der Waals surface area contributed by atoms with Crippen LogP contribution in [0.2, 0.25) is 0 Å². The van der Waals surface area contributed by atoms with Crippen LogP contribution in [-0.4, -0.2) is 32.1 Å². The first kappa shape index (κ1) is 24.4. The molecule has 0 atom stereocenters. The summed E-state index contributed by atoms with van der Waals surface area (Å²) in [6.45, 7) is 0. The van der Waals surface area contributed by atoms with Gasteiger partial charge < -0.3 is 10.0 Å². The molecule has 186 valence electrons. The van der Waals surface area contributed by atoms with Gasteiger partial charge in [-0.05, 0) is 33.8 Å². The molecular weight excluding hydrogens is 481 g/mol. The molecule has 0 saturated carbocycles. The van der Waals surface area contributed by atoms with Gasteiger partial charge in [0.1, 0.15) is 0 Å². The van der Waals surface area contributed by atoms with E-state index in [1.807, 2.05) is 97.1 Å². The van der Waals surface area contributed by atoms with Crippen molar-refractivity contribution in [2.45, 2.75) is 0 Å². The molecule has 0 unspecified atom stereocenters. The van der Waals surface area contributed by atoms with Gasteiger partial charge in [-0.3, -0.25) is 0 Å². The number of nitrogens with zero attached hydrogens (tertiary/aromatic N) is 3. The van der Waals surface area contributed by atoms with Crippen molar-refractivity contribution < 1.29 is 10.0 Å². The lowest BCUT2D eigenvalue weighted by molar-refractivity contribution is 0.426. The summed E-state index contributed by atoms with van der Waals surface area (Å²) in [5.74, 6) is 1.87. The van der Waals surface area contributed by atoms with Crippen molar-refractivity contribution in [3.05, 3.63) is 133 Å². The lowest BCUT2D eigenvalue weighted by atomic mass is 9.79. The number of rotatable bonds is 6. The normalized spacial score (nSPS) is 10.8. The van der Waals surface area contributed by atoms with Gasteiger partial charge in [0.15, 0.2) is 17.5 Å². The maximum absolute atomic E-state index is 9.51. The van der Waals surface area contributed by atoms with Crippen LogP contribution in [0.1, 0.15) is 0 Å². The highest BCUT2D eigenvalue weighted by Gasteiger charge is 2.14. The van der Waals surface area contributed by atoms with E-state index in [1.165, 1.54) is 0 Å². The second kappa shape index (κ2) is 10.8. The molecule has 1 aromatic heterocycles. The van der Waals surface area contributed by atoms with Gasteiger partial charge in [0.05, 0.1) is 0 Å². The highest BCUT2D eigenvalue weighted by atomic mass is 16.4. The molecule has 0 aliphatic carbocycles. The minimum atomic E-state index is -1.49. The second-order valence-electron chi connectivity index (χ2n) is 9.20. The molecule has 1 heterocycles. The molecule has 6 heteroatoms. The van der Waals surface area contributed by atoms with E-state index in [4.69, 9.17) is 15.0 Å². The molecule has 39 heavy (non-hydrogen) atoms. The summed E-state index contributed by atoms with van der Waals surface area (Å²) < 4.78 is 0. The number of hydrogen-bond acceptors (Lipinski definition) is 5. The molecule has 0 fully saturated rings. The van der Waals surface area contributed by atoms with Gasteiger partial charge in [0.25, 0.3) is 0 Å². The van der Waals surface area contributed by atoms with Crippen molar-refractivity contribution in [3.63, 3.8) is 0 Å². The first-order valence-corrected chi connectivity index (χ1v) is 12.7. The Morgan fingerprint density at radius 2 is 0.769 bits per heavy atom. The van der Waals surface area contributed by atoms with E-state index >= 15 is 0 Å². The van der Waals surface area contributed by atoms with Crippen molar-refractivity contribution >= 4 is 12.6 Å². The third-order valence-corrected chi connectivity index (χ3v) is 6.56. The standard InChI is InChI=1S/C33H24BN3O2/c38-34(39)30-16-8-14-28(22-30)24-19-17-23(18-20-24)27-13-7-15-29(21-27)33-36-31(25-9-3-1-4-10-25)35-32(37-33)26-11-5-2-6-12-26/h1-22,38-39H. The molecule has 0 radical (unpaired) electrons. The zero-order valence-electron chi connectivity index (χ0n) is 21.0. The van der Waals surface area contributed by atoms with Gasteiger partial charge >= 0.3 is 7.12 Å². The van der Waals surface area contributed by atoms with Crippen LogP contribution in [-0.2, 0) is 0 Å². The van der Waals surface area contributed by atoms with E-state index in [0.29, 0.717) is 22.9 Å². The van der Waals surface area contributed by atoms with Crippen molar-refractivity contribution in [2.24, 2.45) is 0 Å². The predicted molar refractivity (Wildman–Crippen MR) is 157 cm³/mol. The highest BCUT2D eigenvalue weighted by Crippen LogP contribution is 2.29. The monoisotopic (exact) mass is 505 g/mol. The van der Waals surface area contributed by atoms with Crippen LogP contribution in [0.4, 0.5) is 0 Å². The summed E-state index contributed by atoms with van der Waals surface area (Å²) in [6.07, 6.45) is 0.